The Morgan fingerprint density at radius 3 is 2.62 bits per heavy atom. The Balaban J connectivity index is 1.80. The van der Waals surface area contributed by atoms with Crippen LogP contribution in [-0.2, 0) is 4.74 Å². The number of halogens is 1. The lowest BCUT2D eigenvalue weighted by molar-refractivity contribution is -0.0244. The van der Waals surface area contributed by atoms with Crippen LogP contribution in [0, 0.1) is 16.7 Å². The summed E-state index contributed by atoms with van der Waals surface area (Å²) >= 11 is 3.27. The Hall–Kier alpha value is -1.03. The number of ether oxygens (including phenoxy) is 1. The molecule has 0 aromatic heterocycles. The first kappa shape index (κ1) is 14.9. The molecule has 1 aromatic carbocycles. The maximum atomic E-state index is 12.4. The Morgan fingerprint density at radius 2 is 2.10 bits per heavy atom. The first-order chi connectivity index (χ1) is 9.75. The molecular weight excluding hydrogens is 332 g/mol. The molecule has 3 atom stereocenters. The molecule has 2 aliphatic carbocycles. The molecule has 0 amide bonds. The predicted molar refractivity (Wildman–Crippen MR) is 84.2 cm³/mol. The Morgan fingerprint density at radius 1 is 1.38 bits per heavy atom. The zero-order valence-corrected chi connectivity index (χ0v) is 14.2. The number of benzene rings is 1. The molecule has 21 heavy (non-hydrogen) atoms. The van der Waals surface area contributed by atoms with E-state index in [4.69, 9.17) is 4.74 Å². The van der Waals surface area contributed by atoms with Gasteiger partial charge in [0.15, 0.2) is 0 Å². The lowest BCUT2D eigenvalue weighted by atomic mass is 9.70. The van der Waals surface area contributed by atoms with Crippen LogP contribution in [0.3, 0.4) is 0 Å². The minimum Gasteiger partial charge on any atom is -0.507 e. The van der Waals surface area contributed by atoms with Crippen molar-refractivity contribution in [3.8, 4) is 5.75 Å². The van der Waals surface area contributed by atoms with Gasteiger partial charge >= 0.3 is 5.97 Å². The fraction of sp³-hybridized carbons (Fsp3) is 0.588. The van der Waals surface area contributed by atoms with Gasteiger partial charge in [0.2, 0.25) is 0 Å². The Bertz CT molecular complexity index is 596. The van der Waals surface area contributed by atoms with Crippen molar-refractivity contribution in [3.63, 3.8) is 0 Å². The summed E-state index contributed by atoms with van der Waals surface area (Å²) in [6.45, 7) is 6.81. The van der Waals surface area contributed by atoms with Gasteiger partial charge in [-0.05, 0) is 48.8 Å². The van der Waals surface area contributed by atoms with Crippen LogP contribution in [0.2, 0.25) is 0 Å². The van der Waals surface area contributed by atoms with E-state index < -0.39 is 5.97 Å². The van der Waals surface area contributed by atoms with Crippen molar-refractivity contribution in [2.45, 2.75) is 46.1 Å². The summed E-state index contributed by atoms with van der Waals surface area (Å²) in [7, 11) is 0. The second kappa shape index (κ2) is 4.73. The van der Waals surface area contributed by atoms with Crippen LogP contribution < -0.4 is 0 Å². The van der Waals surface area contributed by atoms with Gasteiger partial charge in [-0.15, -0.1) is 0 Å². The molecule has 2 bridgehead atoms. The Labute approximate surface area is 133 Å². The van der Waals surface area contributed by atoms with Gasteiger partial charge < -0.3 is 9.84 Å². The van der Waals surface area contributed by atoms with Crippen LogP contribution in [0.5, 0.6) is 5.75 Å². The normalized spacial score (nSPS) is 33.1. The SMILES string of the molecule is CC1(C)C2CCC1(C)C(OC(=O)c1ccc(Br)cc1O)C2. The average molecular weight is 353 g/mol. The van der Waals surface area contributed by atoms with Crippen LogP contribution in [-0.4, -0.2) is 17.2 Å². The van der Waals surface area contributed by atoms with Crippen molar-refractivity contribution in [1.82, 2.24) is 0 Å². The third-order valence-corrected chi connectivity index (χ3v) is 6.64. The summed E-state index contributed by atoms with van der Waals surface area (Å²) in [5.74, 6) is 0.162. The van der Waals surface area contributed by atoms with Gasteiger partial charge in [0.25, 0.3) is 0 Å². The fourth-order valence-electron chi connectivity index (χ4n) is 4.18. The van der Waals surface area contributed by atoms with Crippen LogP contribution in [0.15, 0.2) is 22.7 Å². The maximum Gasteiger partial charge on any atom is 0.342 e. The summed E-state index contributed by atoms with van der Waals surface area (Å²) < 4.78 is 6.52. The number of phenolic OH excluding ortho intramolecular Hbond substituents is 1. The van der Waals surface area contributed by atoms with Gasteiger partial charge in [-0.25, -0.2) is 4.79 Å². The summed E-state index contributed by atoms with van der Waals surface area (Å²) in [5.41, 5.74) is 0.486. The van der Waals surface area contributed by atoms with E-state index in [1.165, 1.54) is 12.5 Å². The number of hydrogen-bond acceptors (Lipinski definition) is 3. The highest BCUT2D eigenvalue weighted by atomic mass is 79.9. The number of aromatic hydroxyl groups is 1. The molecule has 2 aliphatic rings. The molecule has 0 saturated heterocycles. The zero-order chi connectivity index (χ0) is 15.4. The number of phenols is 1. The summed E-state index contributed by atoms with van der Waals surface area (Å²) in [5, 5.41) is 9.90. The molecule has 0 radical (unpaired) electrons. The quantitative estimate of drug-likeness (QED) is 0.795. The summed E-state index contributed by atoms with van der Waals surface area (Å²) in [4.78, 5) is 12.4. The van der Waals surface area contributed by atoms with Crippen molar-refractivity contribution >= 4 is 21.9 Å². The standard InChI is InChI=1S/C17H21BrO3/c1-16(2)10-6-7-17(16,3)14(8-10)21-15(20)12-5-4-11(18)9-13(12)19/h4-5,9-10,14,19H,6-8H2,1-3H3. The largest absolute Gasteiger partial charge is 0.507 e. The molecule has 0 spiro atoms. The molecule has 3 rings (SSSR count). The van der Waals surface area contributed by atoms with E-state index in [0.717, 1.165) is 17.3 Å². The maximum absolute atomic E-state index is 12.4. The van der Waals surface area contributed by atoms with E-state index in [2.05, 4.69) is 36.7 Å². The average Bonchev–Trinajstić information content (AvgIpc) is 2.71. The minimum absolute atomic E-state index is 0.0399. The van der Waals surface area contributed by atoms with E-state index in [-0.39, 0.29) is 28.2 Å². The van der Waals surface area contributed by atoms with Gasteiger partial charge in [-0.1, -0.05) is 36.7 Å². The molecule has 1 N–H and O–H groups in total. The molecule has 2 saturated carbocycles. The molecule has 0 aliphatic heterocycles. The number of hydrogen-bond donors (Lipinski definition) is 1. The highest BCUT2D eigenvalue weighted by Gasteiger charge is 2.62. The summed E-state index contributed by atoms with van der Waals surface area (Å²) in [6, 6.07) is 4.86. The van der Waals surface area contributed by atoms with E-state index in [0.29, 0.717) is 5.92 Å². The predicted octanol–water partition coefficient (Wildman–Crippen LogP) is 4.53. The second-order valence-electron chi connectivity index (χ2n) is 7.17. The zero-order valence-electron chi connectivity index (χ0n) is 12.6. The van der Waals surface area contributed by atoms with Crippen molar-refractivity contribution < 1.29 is 14.6 Å². The smallest absolute Gasteiger partial charge is 0.342 e. The monoisotopic (exact) mass is 352 g/mol. The highest BCUT2D eigenvalue weighted by molar-refractivity contribution is 9.10. The van der Waals surface area contributed by atoms with Gasteiger partial charge in [0.1, 0.15) is 17.4 Å². The van der Waals surface area contributed by atoms with Gasteiger partial charge in [0, 0.05) is 9.89 Å². The fourth-order valence-corrected chi connectivity index (χ4v) is 4.53. The van der Waals surface area contributed by atoms with E-state index in [9.17, 15) is 9.90 Å². The molecule has 2 fully saturated rings. The molecular formula is C17H21BrO3. The number of carbonyl (C=O) groups excluding carboxylic acids is 1. The van der Waals surface area contributed by atoms with Crippen LogP contribution >= 0.6 is 15.9 Å². The van der Waals surface area contributed by atoms with E-state index in [1.807, 2.05) is 0 Å². The van der Waals surface area contributed by atoms with Gasteiger partial charge in [0.05, 0.1) is 0 Å². The topological polar surface area (TPSA) is 46.5 Å². The second-order valence-corrected chi connectivity index (χ2v) is 8.08. The Kier molecular flexibility index (Phi) is 3.36. The van der Waals surface area contributed by atoms with Crippen LogP contribution in [0.1, 0.15) is 50.4 Å². The van der Waals surface area contributed by atoms with Crippen LogP contribution in [0.25, 0.3) is 0 Å². The summed E-state index contributed by atoms with van der Waals surface area (Å²) in [6.07, 6.45) is 3.21. The third-order valence-electron chi connectivity index (χ3n) is 6.14. The number of carbonyl (C=O) groups is 1. The highest BCUT2D eigenvalue weighted by Crippen LogP contribution is 2.66. The van der Waals surface area contributed by atoms with Crippen LogP contribution in [0.4, 0.5) is 0 Å². The van der Waals surface area contributed by atoms with Crippen molar-refractivity contribution in [2.24, 2.45) is 16.7 Å². The van der Waals surface area contributed by atoms with E-state index in [1.54, 1.807) is 12.1 Å². The molecule has 1 aromatic rings. The molecule has 114 valence electrons. The van der Waals surface area contributed by atoms with Crippen molar-refractivity contribution in [1.29, 1.82) is 0 Å². The number of esters is 1. The van der Waals surface area contributed by atoms with Gasteiger partial charge in [-0.3, -0.25) is 0 Å². The number of rotatable bonds is 2. The third kappa shape index (κ3) is 2.10. The van der Waals surface area contributed by atoms with Crippen molar-refractivity contribution in [2.75, 3.05) is 0 Å². The van der Waals surface area contributed by atoms with Crippen molar-refractivity contribution in [3.05, 3.63) is 28.2 Å². The molecule has 4 heteroatoms. The minimum atomic E-state index is -0.422. The molecule has 3 nitrogen and oxygen atoms in total. The first-order valence-electron chi connectivity index (χ1n) is 7.45. The molecule has 3 unspecified atom stereocenters. The van der Waals surface area contributed by atoms with Gasteiger partial charge in [-0.2, -0.15) is 0 Å². The lowest BCUT2D eigenvalue weighted by Crippen LogP contribution is -2.38. The first-order valence-corrected chi connectivity index (χ1v) is 8.24. The number of fused-ring (bicyclic) bond motifs is 2. The molecule has 0 heterocycles. The lowest BCUT2D eigenvalue weighted by Gasteiger charge is -2.38. The van der Waals surface area contributed by atoms with E-state index >= 15 is 0 Å².